The highest BCUT2D eigenvalue weighted by Crippen LogP contribution is 2.29. The van der Waals surface area contributed by atoms with Gasteiger partial charge in [0.1, 0.15) is 5.75 Å². The summed E-state index contributed by atoms with van der Waals surface area (Å²) >= 11 is 0. The molecule has 2 aliphatic heterocycles. The molecule has 6 heteroatoms. The Kier molecular flexibility index (Phi) is 7.50. The Balaban J connectivity index is 1.21. The maximum absolute atomic E-state index is 12.9. The molecule has 6 nitrogen and oxygen atoms in total. The number of carbonyl (C=O) groups is 1. The summed E-state index contributed by atoms with van der Waals surface area (Å²) in [5, 5.41) is 0. The third-order valence-corrected chi connectivity index (χ3v) is 7.00. The van der Waals surface area contributed by atoms with Crippen molar-refractivity contribution in [2.75, 3.05) is 70.4 Å². The second kappa shape index (κ2) is 10.5. The summed E-state index contributed by atoms with van der Waals surface area (Å²) < 4.78 is 5.79. The van der Waals surface area contributed by atoms with E-state index in [-0.39, 0.29) is 0 Å². The molecule has 4 rings (SSSR count). The summed E-state index contributed by atoms with van der Waals surface area (Å²) in [4.78, 5) is 22.3. The average Bonchev–Trinajstić information content (AvgIpc) is 2.81. The van der Waals surface area contributed by atoms with E-state index >= 15 is 0 Å². The molecular weight excluding hydrogens is 376 g/mol. The summed E-state index contributed by atoms with van der Waals surface area (Å²) in [6, 6.07) is 9.04. The summed E-state index contributed by atoms with van der Waals surface area (Å²) in [7, 11) is 0. The van der Waals surface area contributed by atoms with Crippen molar-refractivity contribution in [3.8, 4) is 5.75 Å². The van der Waals surface area contributed by atoms with Crippen molar-refractivity contribution < 1.29 is 9.53 Å². The fourth-order valence-electron chi connectivity index (χ4n) is 5.22. The van der Waals surface area contributed by atoms with Crippen LogP contribution >= 0.6 is 0 Å². The number of hydrogen-bond acceptors (Lipinski definition) is 5. The normalized spacial score (nSPS) is 22.3. The van der Waals surface area contributed by atoms with Crippen molar-refractivity contribution >= 4 is 11.6 Å². The first kappa shape index (κ1) is 21.4. The zero-order valence-corrected chi connectivity index (χ0v) is 18.6. The number of piperazine rings is 2. The molecule has 0 unspecified atom stereocenters. The maximum Gasteiger partial charge on any atom is 0.236 e. The van der Waals surface area contributed by atoms with Gasteiger partial charge < -0.3 is 14.5 Å². The number of hydrogen-bond donors (Lipinski definition) is 0. The van der Waals surface area contributed by atoms with Crippen LogP contribution in [0.5, 0.6) is 5.75 Å². The highest BCUT2D eigenvalue weighted by atomic mass is 16.5. The van der Waals surface area contributed by atoms with Crippen LogP contribution in [-0.2, 0) is 4.79 Å². The van der Waals surface area contributed by atoms with Crippen LogP contribution in [0.15, 0.2) is 24.3 Å². The molecule has 166 valence electrons. The van der Waals surface area contributed by atoms with Gasteiger partial charge in [-0.15, -0.1) is 0 Å². The van der Waals surface area contributed by atoms with E-state index in [1.807, 2.05) is 19.1 Å². The Bertz CT molecular complexity index is 676. The largest absolute Gasteiger partial charge is 0.492 e. The zero-order valence-electron chi connectivity index (χ0n) is 18.6. The predicted octanol–water partition coefficient (Wildman–Crippen LogP) is 2.68. The monoisotopic (exact) mass is 414 g/mol. The van der Waals surface area contributed by atoms with E-state index in [9.17, 15) is 4.79 Å². The number of amides is 1. The maximum atomic E-state index is 12.9. The Hall–Kier alpha value is -1.79. The summed E-state index contributed by atoms with van der Waals surface area (Å²) in [5.41, 5.74) is 1.17. The Labute approximate surface area is 181 Å². The van der Waals surface area contributed by atoms with Crippen molar-refractivity contribution in [3.63, 3.8) is 0 Å². The molecule has 2 saturated heterocycles. The number of anilines is 1. The van der Waals surface area contributed by atoms with E-state index in [1.54, 1.807) is 0 Å². The fraction of sp³-hybridized carbons (Fsp3) is 0.708. The SMILES string of the molecule is CCOc1ccccc1N1CCN(CC(=O)N2CCN(C3CCCCC3)CC2)CC1. The van der Waals surface area contributed by atoms with Crippen molar-refractivity contribution in [1.82, 2.24) is 14.7 Å². The molecule has 0 N–H and O–H groups in total. The molecule has 30 heavy (non-hydrogen) atoms. The second-order valence-corrected chi connectivity index (χ2v) is 8.87. The highest BCUT2D eigenvalue weighted by molar-refractivity contribution is 5.78. The van der Waals surface area contributed by atoms with E-state index in [2.05, 4.69) is 31.7 Å². The van der Waals surface area contributed by atoms with Gasteiger partial charge >= 0.3 is 0 Å². The molecule has 1 aromatic rings. The van der Waals surface area contributed by atoms with Crippen molar-refractivity contribution in [1.29, 1.82) is 0 Å². The smallest absolute Gasteiger partial charge is 0.236 e. The minimum atomic E-state index is 0.307. The molecule has 3 fully saturated rings. The number of benzene rings is 1. The van der Waals surface area contributed by atoms with Crippen LogP contribution < -0.4 is 9.64 Å². The number of nitrogens with zero attached hydrogens (tertiary/aromatic N) is 4. The molecule has 0 spiro atoms. The first-order valence-electron chi connectivity index (χ1n) is 12.0. The van der Waals surface area contributed by atoms with Gasteiger partial charge in [0, 0.05) is 58.4 Å². The van der Waals surface area contributed by atoms with Crippen LogP contribution in [0.3, 0.4) is 0 Å². The van der Waals surface area contributed by atoms with Crippen LogP contribution in [0, 0.1) is 0 Å². The lowest BCUT2D eigenvalue weighted by Gasteiger charge is -2.42. The van der Waals surface area contributed by atoms with Gasteiger partial charge in [-0.2, -0.15) is 0 Å². The first-order valence-corrected chi connectivity index (χ1v) is 12.0. The van der Waals surface area contributed by atoms with Crippen LogP contribution in [0.2, 0.25) is 0 Å². The summed E-state index contributed by atoms with van der Waals surface area (Å²) in [6.45, 7) is 10.9. The quantitative estimate of drug-likeness (QED) is 0.716. The molecule has 1 aromatic carbocycles. The molecule has 0 bridgehead atoms. The van der Waals surface area contributed by atoms with Crippen LogP contribution in [0.4, 0.5) is 5.69 Å². The number of para-hydroxylation sites is 2. The van der Waals surface area contributed by atoms with E-state index in [4.69, 9.17) is 4.74 Å². The predicted molar refractivity (Wildman–Crippen MR) is 121 cm³/mol. The fourth-order valence-corrected chi connectivity index (χ4v) is 5.22. The van der Waals surface area contributed by atoms with Gasteiger partial charge in [0.15, 0.2) is 0 Å². The van der Waals surface area contributed by atoms with Gasteiger partial charge in [0.2, 0.25) is 5.91 Å². The lowest BCUT2D eigenvalue weighted by molar-refractivity contribution is -0.134. The Morgan fingerprint density at radius 1 is 0.933 bits per heavy atom. The molecular formula is C24H38N4O2. The molecule has 1 saturated carbocycles. The lowest BCUT2D eigenvalue weighted by Crippen LogP contribution is -2.55. The first-order chi connectivity index (χ1) is 14.7. The Morgan fingerprint density at radius 2 is 1.63 bits per heavy atom. The van der Waals surface area contributed by atoms with Crippen LogP contribution in [-0.4, -0.2) is 92.2 Å². The lowest BCUT2D eigenvalue weighted by atomic mass is 9.94. The van der Waals surface area contributed by atoms with Gasteiger partial charge in [-0.3, -0.25) is 14.6 Å². The molecule has 1 amide bonds. The highest BCUT2D eigenvalue weighted by Gasteiger charge is 2.28. The van der Waals surface area contributed by atoms with E-state index in [1.165, 1.54) is 37.8 Å². The molecule has 0 atom stereocenters. The van der Waals surface area contributed by atoms with Crippen molar-refractivity contribution in [2.45, 2.75) is 45.1 Å². The van der Waals surface area contributed by atoms with E-state index in [0.717, 1.165) is 64.1 Å². The van der Waals surface area contributed by atoms with E-state index in [0.29, 0.717) is 19.1 Å². The molecule has 1 aliphatic carbocycles. The summed E-state index contributed by atoms with van der Waals surface area (Å²) in [6.07, 6.45) is 6.87. The van der Waals surface area contributed by atoms with Crippen molar-refractivity contribution in [2.24, 2.45) is 0 Å². The molecule has 3 aliphatic rings. The van der Waals surface area contributed by atoms with Gasteiger partial charge in [0.05, 0.1) is 18.8 Å². The van der Waals surface area contributed by atoms with E-state index < -0.39 is 0 Å². The van der Waals surface area contributed by atoms with Gasteiger partial charge in [-0.05, 0) is 31.9 Å². The Morgan fingerprint density at radius 3 is 2.33 bits per heavy atom. The minimum Gasteiger partial charge on any atom is -0.492 e. The number of rotatable bonds is 6. The zero-order chi connectivity index (χ0) is 20.8. The molecule has 0 radical (unpaired) electrons. The minimum absolute atomic E-state index is 0.307. The topological polar surface area (TPSA) is 39.3 Å². The average molecular weight is 415 g/mol. The second-order valence-electron chi connectivity index (χ2n) is 8.87. The van der Waals surface area contributed by atoms with Crippen molar-refractivity contribution in [3.05, 3.63) is 24.3 Å². The van der Waals surface area contributed by atoms with Gasteiger partial charge in [0.25, 0.3) is 0 Å². The molecule has 2 heterocycles. The third kappa shape index (κ3) is 5.27. The van der Waals surface area contributed by atoms with Gasteiger partial charge in [-0.1, -0.05) is 31.4 Å². The van der Waals surface area contributed by atoms with Crippen LogP contribution in [0.1, 0.15) is 39.0 Å². The number of ether oxygens (including phenoxy) is 1. The third-order valence-electron chi connectivity index (χ3n) is 7.00. The van der Waals surface area contributed by atoms with Crippen LogP contribution in [0.25, 0.3) is 0 Å². The molecule has 0 aromatic heterocycles. The summed E-state index contributed by atoms with van der Waals surface area (Å²) in [5.74, 6) is 1.27. The van der Waals surface area contributed by atoms with Gasteiger partial charge in [-0.25, -0.2) is 0 Å². The number of carbonyl (C=O) groups excluding carboxylic acids is 1. The standard InChI is InChI=1S/C24H38N4O2/c1-2-30-23-11-7-6-10-22(23)27-14-12-25(13-15-27)20-24(29)28-18-16-26(17-19-28)21-8-4-3-5-9-21/h6-7,10-11,21H,2-5,8-9,12-20H2,1H3.